The van der Waals surface area contributed by atoms with Crippen molar-refractivity contribution in [3.05, 3.63) is 33.0 Å². The second kappa shape index (κ2) is 6.00. The molecule has 0 spiro atoms. The van der Waals surface area contributed by atoms with Crippen molar-refractivity contribution in [2.24, 2.45) is 0 Å². The molecule has 5 nitrogen and oxygen atoms in total. The first-order valence-corrected chi connectivity index (χ1v) is 7.21. The number of likely N-dealkylation sites (N-methyl/N-ethyl adjacent to an activating group) is 1. The van der Waals surface area contributed by atoms with Crippen LogP contribution in [0.4, 0.5) is 0 Å². The number of hydrogen-bond acceptors (Lipinski definition) is 5. The van der Waals surface area contributed by atoms with E-state index in [9.17, 15) is 5.11 Å². The van der Waals surface area contributed by atoms with Gasteiger partial charge in [-0.1, -0.05) is 11.6 Å². The zero-order valence-corrected chi connectivity index (χ0v) is 12.7. The predicted molar refractivity (Wildman–Crippen MR) is 76.7 cm³/mol. The molecule has 2 aromatic rings. The van der Waals surface area contributed by atoms with Crippen LogP contribution in [0.2, 0.25) is 5.02 Å². The van der Waals surface area contributed by atoms with E-state index in [2.05, 4.69) is 15.0 Å². The zero-order chi connectivity index (χ0) is 14.0. The molecule has 0 amide bonds. The third kappa shape index (κ3) is 3.33. The van der Waals surface area contributed by atoms with E-state index in [0.717, 1.165) is 12.2 Å². The van der Waals surface area contributed by atoms with Gasteiger partial charge in [-0.05, 0) is 21.0 Å². The lowest BCUT2D eigenvalue weighted by Gasteiger charge is -2.14. The molecule has 0 radical (unpaired) electrons. The molecule has 7 heteroatoms. The monoisotopic (exact) mass is 300 g/mol. The van der Waals surface area contributed by atoms with Crippen molar-refractivity contribution in [1.82, 2.24) is 19.7 Å². The van der Waals surface area contributed by atoms with E-state index in [-0.39, 0.29) is 0 Å². The minimum absolute atomic E-state index is 0.471. The molecule has 0 aliphatic heterocycles. The van der Waals surface area contributed by atoms with Gasteiger partial charge in [-0.25, -0.2) is 4.98 Å². The van der Waals surface area contributed by atoms with Crippen molar-refractivity contribution in [3.63, 3.8) is 0 Å². The smallest absolute Gasteiger partial charge is 0.148 e. The second-order valence-electron chi connectivity index (χ2n) is 4.63. The third-order valence-corrected chi connectivity index (χ3v) is 4.03. The topological polar surface area (TPSA) is 54.2 Å². The lowest BCUT2D eigenvalue weighted by atomic mass is 10.2. The summed E-state index contributed by atoms with van der Waals surface area (Å²) in [5.41, 5.74) is 1.51. The van der Waals surface area contributed by atoms with Gasteiger partial charge in [-0.2, -0.15) is 5.10 Å². The van der Waals surface area contributed by atoms with Gasteiger partial charge in [0.1, 0.15) is 11.1 Å². The molecule has 0 bridgehead atoms. The Labute approximate surface area is 121 Å². The van der Waals surface area contributed by atoms with Gasteiger partial charge in [-0.15, -0.1) is 11.3 Å². The fourth-order valence-electron chi connectivity index (χ4n) is 1.73. The minimum atomic E-state index is -0.823. The first-order chi connectivity index (χ1) is 8.99. The maximum absolute atomic E-state index is 10.4. The first-order valence-electron chi connectivity index (χ1n) is 5.95. The molecule has 104 valence electrons. The number of aliphatic hydroxyl groups excluding tert-OH is 1. The molecule has 0 aliphatic carbocycles. The summed E-state index contributed by atoms with van der Waals surface area (Å²) in [6, 6.07) is 0. The number of aryl methyl sites for hydroxylation is 1. The van der Waals surface area contributed by atoms with Gasteiger partial charge in [0.2, 0.25) is 0 Å². The average Bonchev–Trinajstić information content (AvgIpc) is 2.92. The number of halogens is 1. The Hall–Kier alpha value is -0.950. The van der Waals surface area contributed by atoms with Crippen LogP contribution in [0.3, 0.4) is 0 Å². The summed E-state index contributed by atoms with van der Waals surface area (Å²) in [5.74, 6) is 0. The highest BCUT2D eigenvalue weighted by Gasteiger charge is 2.22. The minimum Gasteiger partial charge on any atom is -0.379 e. The quantitative estimate of drug-likeness (QED) is 0.917. The summed E-state index contributed by atoms with van der Waals surface area (Å²) < 4.78 is 1.74. The maximum atomic E-state index is 10.4. The molecule has 0 saturated carbocycles. The first kappa shape index (κ1) is 14.5. The molecule has 19 heavy (non-hydrogen) atoms. The Morgan fingerprint density at radius 1 is 1.53 bits per heavy atom. The predicted octanol–water partition coefficient (Wildman–Crippen LogP) is 1.94. The largest absolute Gasteiger partial charge is 0.379 e. The van der Waals surface area contributed by atoms with Gasteiger partial charge in [-0.3, -0.25) is 4.68 Å². The second-order valence-corrected chi connectivity index (χ2v) is 5.93. The average molecular weight is 301 g/mol. The third-order valence-electron chi connectivity index (χ3n) is 2.72. The van der Waals surface area contributed by atoms with E-state index >= 15 is 0 Å². The highest BCUT2D eigenvalue weighted by atomic mass is 35.5. The number of rotatable bonds is 5. The highest BCUT2D eigenvalue weighted by molar-refractivity contribution is 7.09. The molecule has 0 fully saturated rings. The number of aliphatic hydroxyl groups is 1. The van der Waals surface area contributed by atoms with E-state index < -0.39 is 6.10 Å². The summed E-state index contributed by atoms with van der Waals surface area (Å²) in [5, 5.41) is 17.7. The molecule has 0 aromatic carbocycles. The Morgan fingerprint density at radius 3 is 2.84 bits per heavy atom. The molecule has 0 aliphatic rings. The molecular formula is C12H17ClN4OS. The van der Waals surface area contributed by atoms with Crippen molar-refractivity contribution in [1.29, 1.82) is 0 Å². The van der Waals surface area contributed by atoms with Crippen molar-refractivity contribution in [2.45, 2.75) is 19.6 Å². The SMILES string of the molecule is Cc1csc(C(O)c2c(Cl)cnn2CCN(C)C)n1. The van der Waals surface area contributed by atoms with E-state index in [1.54, 1.807) is 10.9 Å². The van der Waals surface area contributed by atoms with Gasteiger partial charge >= 0.3 is 0 Å². The Morgan fingerprint density at radius 2 is 2.26 bits per heavy atom. The van der Waals surface area contributed by atoms with Crippen LogP contribution < -0.4 is 0 Å². The molecule has 0 saturated heterocycles. The number of nitrogens with zero attached hydrogens (tertiary/aromatic N) is 4. The van der Waals surface area contributed by atoms with Crippen LogP contribution in [-0.2, 0) is 6.54 Å². The van der Waals surface area contributed by atoms with Crippen LogP contribution in [0.25, 0.3) is 0 Å². The van der Waals surface area contributed by atoms with Gasteiger partial charge in [0.15, 0.2) is 0 Å². The summed E-state index contributed by atoms with van der Waals surface area (Å²) in [7, 11) is 3.98. The van der Waals surface area contributed by atoms with Crippen LogP contribution in [0.5, 0.6) is 0 Å². The van der Waals surface area contributed by atoms with Crippen LogP contribution >= 0.6 is 22.9 Å². The lowest BCUT2D eigenvalue weighted by molar-refractivity contribution is 0.205. The summed E-state index contributed by atoms with van der Waals surface area (Å²) >= 11 is 7.56. The number of hydrogen-bond donors (Lipinski definition) is 1. The molecule has 1 N–H and O–H groups in total. The van der Waals surface area contributed by atoms with Crippen LogP contribution in [0.1, 0.15) is 22.5 Å². The zero-order valence-electron chi connectivity index (χ0n) is 11.2. The fourth-order valence-corrected chi connectivity index (χ4v) is 2.76. The molecular weight excluding hydrogens is 284 g/mol. The number of aromatic nitrogens is 3. The highest BCUT2D eigenvalue weighted by Crippen LogP contribution is 2.29. The summed E-state index contributed by atoms with van der Waals surface area (Å²) in [6.07, 6.45) is 0.742. The molecule has 2 rings (SSSR count). The Bertz CT molecular complexity index is 552. The van der Waals surface area contributed by atoms with Gasteiger partial charge in [0, 0.05) is 17.6 Å². The summed E-state index contributed by atoms with van der Waals surface area (Å²) in [6.45, 7) is 3.41. The lowest BCUT2D eigenvalue weighted by Crippen LogP contribution is -2.21. The Kier molecular flexibility index (Phi) is 4.57. The molecule has 1 atom stereocenters. The van der Waals surface area contributed by atoms with E-state index in [4.69, 9.17) is 11.6 Å². The van der Waals surface area contributed by atoms with E-state index in [0.29, 0.717) is 22.3 Å². The van der Waals surface area contributed by atoms with Crippen molar-refractivity contribution >= 4 is 22.9 Å². The van der Waals surface area contributed by atoms with Crippen molar-refractivity contribution < 1.29 is 5.11 Å². The van der Waals surface area contributed by atoms with Gasteiger partial charge in [0.05, 0.1) is 23.5 Å². The number of thiazole rings is 1. The maximum Gasteiger partial charge on any atom is 0.148 e. The normalized spacial score (nSPS) is 13.2. The van der Waals surface area contributed by atoms with E-state index in [1.807, 2.05) is 26.4 Å². The van der Waals surface area contributed by atoms with Crippen LogP contribution in [0.15, 0.2) is 11.6 Å². The van der Waals surface area contributed by atoms with Crippen LogP contribution in [0, 0.1) is 6.92 Å². The Balaban J connectivity index is 2.25. The standard InChI is InChI=1S/C12H17ClN4OS/c1-8-7-19-12(15-8)11(18)10-9(13)6-14-17(10)5-4-16(2)3/h6-7,11,18H,4-5H2,1-3H3. The molecule has 2 aromatic heterocycles. The summed E-state index contributed by atoms with van der Waals surface area (Å²) in [4.78, 5) is 6.36. The van der Waals surface area contributed by atoms with E-state index in [1.165, 1.54) is 11.3 Å². The molecule has 1 unspecified atom stereocenters. The van der Waals surface area contributed by atoms with Crippen LogP contribution in [-0.4, -0.2) is 45.4 Å². The fraction of sp³-hybridized carbons (Fsp3) is 0.500. The van der Waals surface area contributed by atoms with Gasteiger partial charge < -0.3 is 10.0 Å². The van der Waals surface area contributed by atoms with Crippen molar-refractivity contribution in [2.75, 3.05) is 20.6 Å². The molecule has 2 heterocycles. The van der Waals surface area contributed by atoms with Gasteiger partial charge in [0.25, 0.3) is 0 Å². The van der Waals surface area contributed by atoms with Crippen molar-refractivity contribution in [3.8, 4) is 0 Å².